The third-order valence-corrected chi connectivity index (χ3v) is 2.44. The molecule has 7 heteroatoms. The fourth-order valence-electron chi connectivity index (χ4n) is 1.69. The van der Waals surface area contributed by atoms with E-state index in [9.17, 15) is 4.79 Å². The van der Waals surface area contributed by atoms with Gasteiger partial charge in [-0.05, 0) is 6.92 Å². The molecule has 0 spiro atoms. The van der Waals surface area contributed by atoms with Crippen molar-refractivity contribution in [2.75, 3.05) is 0 Å². The normalized spacial score (nSPS) is 11.6. The molecule has 2 N–H and O–H groups in total. The smallest absolute Gasteiger partial charge is 0.300 e. The van der Waals surface area contributed by atoms with Gasteiger partial charge in [0.15, 0.2) is 11.2 Å². The summed E-state index contributed by atoms with van der Waals surface area (Å²) in [7, 11) is 0. The second-order valence-corrected chi connectivity index (χ2v) is 3.60. The van der Waals surface area contributed by atoms with E-state index in [1.807, 2.05) is 6.92 Å². The van der Waals surface area contributed by atoms with Crippen LogP contribution in [0.4, 0.5) is 0 Å². The van der Waals surface area contributed by atoms with Crippen LogP contribution in [0.25, 0.3) is 16.9 Å². The summed E-state index contributed by atoms with van der Waals surface area (Å²) in [4.78, 5) is 26.9. The number of H-pyrrole nitrogens is 2. The van der Waals surface area contributed by atoms with Crippen LogP contribution in [-0.2, 0) is 6.42 Å². The van der Waals surface area contributed by atoms with E-state index < -0.39 is 0 Å². The minimum atomic E-state index is -0.329. The van der Waals surface area contributed by atoms with Crippen LogP contribution >= 0.6 is 0 Å². The van der Waals surface area contributed by atoms with Gasteiger partial charge in [-0.25, -0.2) is 4.98 Å². The highest BCUT2D eigenvalue weighted by molar-refractivity contribution is 5.71. The van der Waals surface area contributed by atoms with E-state index in [1.165, 1.54) is 0 Å². The zero-order chi connectivity index (χ0) is 11.3. The highest BCUT2D eigenvalue weighted by atomic mass is 16.1. The molecule has 0 aliphatic rings. The lowest BCUT2D eigenvalue weighted by Crippen LogP contribution is -2.10. The van der Waals surface area contributed by atoms with Gasteiger partial charge in [-0.1, -0.05) is 6.92 Å². The summed E-state index contributed by atoms with van der Waals surface area (Å²) in [6.45, 7) is 3.77. The van der Waals surface area contributed by atoms with Crippen molar-refractivity contribution in [2.45, 2.75) is 20.3 Å². The molecule has 82 valence electrons. The summed E-state index contributed by atoms with van der Waals surface area (Å²) >= 11 is 0. The van der Waals surface area contributed by atoms with Crippen LogP contribution in [0.1, 0.15) is 18.6 Å². The number of aromatic amines is 2. The number of nitrogens with zero attached hydrogens (tertiary/aromatic N) is 4. The maximum absolute atomic E-state index is 11.7. The van der Waals surface area contributed by atoms with E-state index in [1.54, 1.807) is 11.4 Å². The topological polar surface area (TPSA) is 91.7 Å². The molecule has 16 heavy (non-hydrogen) atoms. The lowest BCUT2D eigenvalue weighted by Gasteiger charge is -1.91. The standard InChI is InChI=1S/C9H10N6O/c1-3-5-12-9-13-8(16)6-7(15(9)14-5)11-4(2)10-6/h3H2,1-2H3,(H,10,11)(H,12,13,14,16). The summed E-state index contributed by atoms with van der Waals surface area (Å²) in [6.07, 6.45) is 0.752. The third-order valence-electron chi connectivity index (χ3n) is 2.44. The first-order valence-corrected chi connectivity index (χ1v) is 5.03. The number of hydrogen-bond donors (Lipinski definition) is 2. The molecule has 0 aliphatic carbocycles. The molecule has 0 aromatic carbocycles. The lowest BCUT2D eigenvalue weighted by atomic mass is 10.5. The number of imidazole rings is 1. The minimum Gasteiger partial charge on any atom is -0.336 e. The first-order chi connectivity index (χ1) is 7.69. The third kappa shape index (κ3) is 1.08. The van der Waals surface area contributed by atoms with Crippen LogP contribution in [0.2, 0.25) is 0 Å². The zero-order valence-corrected chi connectivity index (χ0v) is 8.90. The molecule has 3 aromatic heterocycles. The van der Waals surface area contributed by atoms with Crippen LogP contribution in [0.15, 0.2) is 4.79 Å². The van der Waals surface area contributed by atoms with E-state index in [0.717, 1.165) is 12.2 Å². The summed E-state index contributed by atoms with van der Waals surface area (Å²) in [5.41, 5.74) is 0.616. The van der Waals surface area contributed by atoms with Crippen LogP contribution in [-0.4, -0.2) is 29.5 Å². The second kappa shape index (κ2) is 2.91. The molecule has 0 bridgehead atoms. The van der Waals surface area contributed by atoms with Crippen molar-refractivity contribution < 1.29 is 0 Å². The molecule has 0 amide bonds. The number of aromatic nitrogens is 6. The van der Waals surface area contributed by atoms with Crippen molar-refractivity contribution in [3.63, 3.8) is 0 Å². The molecule has 3 rings (SSSR count). The maximum Gasteiger partial charge on any atom is 0.300 e. The molecular formula is C9H10N6O. The Bertz CT molecular complexity index is 733. The Balaban J connectivity index is 2.56. The molecule has 0 unspecified atom stereocenters. The molecule has 0 fully saturated rings. The summed E-state index contributed by atoms with van der Waals surface area (Å²) < 4.78 is 1.62. The number of aryl methyl sites for hydroxylation is 2. The van der Waals surface area contributed by atoms with E-state index in [-0.39, 0.29) is 5.56 Å². The molecule has 3 aromatic rings. The van der Waals surface area contributed by atoms with Gasteiger partial charge in [0.2, 0.25) is 0 Å². The van der Waals surface area contributed by atoms with Gasteiger partial charge in [-0.15, -0.1) is 0 Å². The van der Waals surface area contributed by atoms with E-state index in [4.69, 9.17) is 0 Å². The van der Waals surface area contributed by atoms with Gasteiger partial charge in [0.1, 0.15) is 11.6 Å². The average molecular weight is 218 g/mol. The molecular weight excluding hydrogens is 208 g/mol. The first-order valence-electron chi connectivity index (χ1n) is 5.03. The van der Waals surface area contributed by atoms with E-state index >= 15 is 0 Å². The summed E-state index contributed by atoms with van der Waals surface area (Å²) in [5.74, 6) is 1.82. The Morgan fingerprint density at radius 3 is 2.88 bits per heavy atom. The van der Waals surface area contributed by atoms with Crippen LogP contribution in [0, 0.1) is 6.92 Å². The van der Waals surface area contributed by atoms with Crippen LogP contribution < -0.4 is 5.56 Å². The Morgan fingerprint density at radius 1 is 1.31 bits per heavy atom. The Kier molecular flexibility index (Phi) is 1.65. The lowest BCUT2D eigenvalue weighted by molar-refractivity contribution is 0.894. The van der Waals surface area contributed by atoms with Crippen LogP contribution in [0.5, 0.6) is 0 Å². The van der Waals surface area contributed by atoms with Crippen molar-refractivity contribution in [1.82, 2.24) is 29.5 Å². The van der Waals surface area contributed by atoms with Crippen molar-refractivity contribution in [1.29, 1.82) is 0 Å². The van der Waals surface area contributed by atoms with Gasteiger partial charge in [0.25, 0.3) is 5.78 Å². The quantitative estimate of drug-likeness (QED) is 0.608. The maximum atomic E-state index is 11.7. The average Bonchev–Trinajstić information content (AvgIpc) is 2.80. The molecule has 0 saturated carbocycles. The Labute approximate surface area is 89.5 Å². The van der Waals surface area contributed by atoms with Gasteiger partial charge in [-0.3, -0.25) is 9.89 Å². The molecule has 0 saturated heterocycles. The summed E-state index contributed by atoms with van der Waals surface area (Å²) in [5, 5.41) is 3.05. The zero-order valence-electron chi connectivity index (χ0n) is 8.90. The van der Waals surface area contributed by atoms with Crippen molar-refractivity contribution >= 4 is 16.9 Å². The Morgan fingerprint density at radius 2 is 2.12 bits per heavy atom. The highest BCUT2D eigenvalue weighted by Crippen LogP contribution is 2.07. The predicted molar refractivity (Wildman–Crippen MR) is 57.4 cm³/mol. The van der Waals surface area contributed by atoms with Crippen LogP contribution in [0.3, 0.4) is 0 Å². The van der Waals surface area contributed by atoms with E-state index in [2.05, 4.69) is 25.0 Å². The minimum absolute atomic E-state index is 0.329. The molecule has 0 radical (unpaired) electrons. The van der Waals surface area contributed by atoms with Gasteiger partial charge in [-0.2, -0.15) is 14.5 Å². The number of fused-ring (bicyclic) bond motifs is 3. The molecule has 0 atom stereocenters. The molecule has 3 heterocycles. The highest BCUT2D eigenvalue weighted by Gasteiger charge is 2.12. The summed E-state index contributed by atoms with van der Waals surface area (Å²) in [6, 6.07) is 0. The predicted octanol–water partition coefficient (Wildman–Crippen LogP) is 0.165. The Hall–Kier alpha value is -2.18. The van der Waals surface area contributed by atoms with Crippen molar-refractivity contribution in [2.24, 2.45) is 0 Å². The fourth-order valence-corrected chi connectivity index (χ4v) is 1.69. The molecule has 0 aliphatic heterocycles. The second-order valence-electron chi connectivity index (χ2n) is 3.60. The van der Waals surface area contributed by atoms with Crippen molar-refractivity contribution in [3.8, 4) is 0 Å². The largest absolute Gasteiger partial charge is 0.336 e. The molecule has 7 nitrogen and oxygen atoms in total. The number of nitrogens with one attached hydrogen (secondary N) is 2. The SMILES string of the molecule is CCc1nc2nc(=O)c3[nH]c(C)nc3n2[nH]1. The monoisotopic (exact) mass is 218 g/mol. The number of hydrogen-bond acceptors (Lipinski definition) is 4. The van der Waals surface area contributed by atoms with Crippen molar-refractivity contribution in [3.05, 3.63) is 22.0 Å². The van der Waals surface area contributed by atoms with Gasteiger partial charge < -0.3 is 4.98 Å². The first kappa shape index (κ1) is 9.08. The van der Waals surface area contributed by atoms with E-state index in [0.29, 0.717) is 22.8 Å². The van der Waals surface area contributed by atoms with Gasteiger partial charge in [0.05, 0.1) is 0 Å². The number of rotatable bonds is 1. The fraction of sp³-hybridized carbons (Fsp3) is 0.333. The van der Waals surface area contributed by atoms with Gasteiger partial charge >= 0.3 is 5.56 Å². The van der Waals surface area contributed by atoms with Gasteiger partial charge in [0, 0.05) is 6.42 Å².